The maximum Gasteiger partial charge on any atom is 0.335 e. The van der Waals surface area contributed by atoms with Crippen LogP contribution in [0.3, 0.4) is 0 Å². The highest BCUT2D eigenvalue weighted by molar-refractivity contribution is 7.53. The molecule has 136 valence electrons. The van der Waals surface area contributed by atoms with Crippen molar-refractivity contribution in [3.8, 4) is 5.75 Å². The zero-order valence-corrected chi connectivity index (χ0v) is 14.8. The quantitative estimate of drug-likeness (QED) is 0.241. The minimum atomic E-state index is -3.46. The molecule has 0 heterocycles. The molecule has 0 amide bonds. The lowest BCUT2D eigenvalue weighted by Crippen LogP contribution is -2.08. The lowest BCUT2D eigenvalue weighted by molar-refractivity contribution is -0.385. The first-order chi connectivity index (χ1) is 11.5. The number of ether oxygens (including phenoxy) is 3. The van der Waals surface area contributed by atoms with Gasteiger partial charge in [0.1, 0.15) is 0 Å². The normalized spacial score (nSPS) is 11.5. The molecule has 0 saturated carbocycles. The van der Waals surface area contributed by atoms with Crippen LogP contribution in [0.5, 0.6) is 5.75 Å². The molecular formula is C14H22NO8P. The fraction of sp³-hybridized carbons (Fsp3) is 0.571. The minimum Gasteiger partial charge on any atom is -0.490 e. The molecule has 24 heavy (non-hydrogen) atoms. The Labute approximate surface area is 140 Å². The second-order valence-electron chi connectivity index (χ2n) is 4.68. The van der Waals surface area contributed by atoms with E-state index in [-0.39, 0.29) is 44.0 Å². The molecule has 0 radical (unpaired) electrons. The number of rotatable bonds is 12. The Balaban J connectivity index is 2.91. The van der Waals surface area contributed by atoms with E-state index in [9.17, 15) is 14.7 Å². The number of nitrogens with zero attached hydrogens (tertiary/aromatic N) is 1. The van der Waals surface area contributed by atoms with Crippen molar-refractivity contribution in [2.45, 2.75) is 6.16 Å². The van der Waals surface area contributed by atoms with Gasteiger partial charge in [-0.2, -0.15) is 0 Å². The Bertz CT molecular complexity index is 566. The summed E-state index contributed by atoms with van der Waals surface area (Å²) < 4.78 is 38.3. The first kappa shape index (κ1) is 20.5. The number of nitro benzene ring substituents is 1. The summed E-state index contributed by atoms with van der Waals surface area (Å²) in [5.41, 5.74) is 0.368. The van der Waals surface area contributed by atoms with E-state index in [0.29, 0.717) is 5.56 Å². The highest BCUT2D eigenvalue weighted by Crippen LogP contribution is 2.51. The van der Waals surface area contributed by atoms with Crippen LogP contribution in [0.1, 0.15) is 5.56 Å². The number of methoxy groups -OCH3 is 3. The second-order valence-corrected chi connectivity index (χ2v) is 6.74. The number of benzene rings is 1. The van der Waals surface area contributed by atoms with Crippen molar-refractivity contribution in [1.29, 1.82) is 0 Å². The SMILES string of the molecule is COCCOP(=O)(Cc1ccc([N+](=O)[O-])c(OC)c1)OCCOC. The lowest BCUT2D eigenvalue weighted by atomic mass is 10.2. The Hall–Kier alpha value is -1.51. The largest absolute Gasteiger partial charge is 0.490 e. The first-order valence-electron chi connectivity index (χ1n) is 7.13. The predicted octanol–water partition coefficient (Wildman–Crippen LogP) is 2.62. The van der Waals surface area contributed by atoms with Gasteiger partial charge in [-0.15, -0.1) is 0 Å². The van der Waals surface area contributed by atoms with E-state index < -0.39 is 12.5 Å². The maximum absolute atomic E-state index is 12.8. The van der Waals surface area contributed by atoms with E-state index in [1.54, 1.807) is 0 Å². The van der Waals surface area contributed by atoms with E-state index in [1.807, 2.05) is 0 Å². The van der Waals surface area contributed by atoms with Crippen LogP contribution in [0.2, 0.25) is 0 Å². The fourth-order valence-electron chi connectivity index (χ4n) is 1.84. The summed E-state index contributed by atoms with van der Waals surface area (Å²) in [6.07, 6.45) is -0.0468. The van der Waals surface area contributed by atoms with Gasteiger partial charge >= 0.3 is 13.3 Å². The van der Waals surface area contributed by atoms with Crippen LogP contribution in [0.25, 0.3) is 0 Å². The molecule has 9 nitrogen and oxygen atoms in total. The molecule has 0 aliphatic carbocycles. The third-order valence-corrected chi connectivity index (χ3v) is 4.87. The number of hydrogen-bond donors (Lipinski definition) is 0. The van der Waals surface area contributed by atoms with Crippen LogP contribution in [0.15, 0.2) is 18.2 Å². The van der Waals surface area contributed by atoms with Gasteiger partial charge in [0.15, 0.2) is 5.75 Å². The van der Waals surface area contributed by atoms with Crippen LogP contribution in [0, 0.1) is 10.1 Å². The summed E-state index contributed by atoms with van der Waals surface area (Å²) in [5, 5.41) is 10.9. The maximum atomic E-state index is 12.8. The van der Waals surface area contributed by atoms with Crippen molar-refractivity contribution in [3.05, 3.63) is 33.9 Å². The molecule has 0 saturated heterocycles. The molecule has 1 rings (SSSR count). The molecule has 0 atom stereocenters. The zero-order chi connectivity index (χ0) is 18.0. The van der Waals surface area contributed by atoms with Gasteiger partial charge in [-0.25, -0.2) is 0 Å². The van der Waals surface area contributed by atoms with Gasteiger partial charge in [0, 0.05) is 20.3 Å². The molecule has 0 unspecified atom stereocenters. The molecule has 0 spiro atoms. The monoisotopic (exact) mass is 363 g/mol. The Kier molecular flexibility index (Phi) is 8.88. The summed E-state index contributed by atoms with van der Waals surface area (Å²) in [4.78, 5) is 10.4. The van der Waals surface area contributed by atoms with Gasteiger partial charge < -0.3 is 23.3 Å². The van der Waals surface area contributed by atoms with Crippen molar-refractivity contribution < 1.29 is 32.7 Å². The van der Waals surface area contributed by atoms with Crippen molar-refractivity contribution in [2.75, 3.05) is 47.8 Å². The molecule has 0 bridgehead atoms. The molecule has 1 aromatic rings. The highest BCUT2D eigenvalue weighted by Gasteiger charge is 2.26. The van der Waals surface area contributed by atoms with Gasteiger partial charge in [0.05, 0.1) is 44.6 Å². The van der Waals surface area contributed by atoms with Gasteiger partial charge in [-0.3, -0.25) is 14.7 Å². The third kappa shape index (κ3) is 6.54. The molecule has 0 fully saturated rings. The van der Waals surface area contributed by atoms with Crippen LogP contribution in [-0.2, 0) is 29.2 Å². The van der Waals surface area contributed by atoms with Crippen LogP contribution >= 0.6 is 7.60 Å². The fourth-order valence-corrected chi connectivity index (χ4v) is 3.45. The molecule has 10 heteroatoms. The third-order valence-electron chi connectivity index (χ3n) is 2.97. The molecule has 0 N–H and O–H groups in total. The van der Waals surface area contributed by atoms with Gasteiger partial charge in [-0.05, 0) is 11.6 Å². The summed E-state index contributed by atoms with van der Waals surface area (Å²) in [7, 11) is 0.877. The second kappa shape index (κ2) is 10.4. The Morgan fingerprint density at radius 3 is 2.08 bits per heavy atom. The van der Waals surface area contributed by atoms with Gasteiger partial charge in [0.2, 0.25) is 0 Å². The summed E-state index contributed by atoms with van der Waals surface area (Å²) in [6, 6.07) is 4.24. The van der Waals surface area contributed by atoms with E-state index in [2.05, 4.69) is 0 Å². The summed E-state index contributed by atoms with van der Waals surface area (Å²) in [5.74, 6) is 0.0813. The summed E-state index contributed by atoms with van der Waals surface area (Å²) >= 11 is 0. The lowest BCUT2D eigenvalue weighted by Gasteiger charge is -2.18. The zero-order valence-electron chi connectivity index (χ0n) is 13.9. The average molecular weight is 363 g/mol. The molecule has 0 aliphatic rings. The molecule has 0 aromatic heterocycles. The average Bonchev–Trinajstić information content (AvgIpc) is 2.55. The molecule has 0 aliphatic heterocycles. The van der Waals surface area contributed by atoms with Crippen LogP contribution in [-0.4, -0.2) is 52.7 Å². The first-order valence-corrected chi connectivity index (χ1v) is 8.86. The smallest absolute Gasteiger partial charge is 0.335 e. The van der Waals surface area contributed by atoms with E-state index in [1.165, 1.54) is 39.5 Å². The minimum absolute atomic E-state index is 0.0468. The number of hydrogen-bond acceptors (Lipinski definition) is 8. The number of nitro groups is 1. The molecular weight excluding hydrogens is 341 g/mol. The van der Waals surface area contributed by atoms with Gasteiger partial charge in [0.25, 0.3) is 0 Å². The van der Waals surface area contributed by atoms with Gasteiger partial charge in [-0.1, -0.05) is 6.07 Å². The van der Waals surface area contributed by atoms with E-state index in [0.717, 1.165) is 0 Å². The Morgan fingerprint density at radius 1 is 1.04 bits per heavy atom. The topological polar surface area (TPSA) is 106 Å². The van der Waals surface area contributed by atoms with Crippen molar-refractivity contribution >= 4 is 13.3 Å². The standard InChI is InChI=1S/C14H22NO8P/c1-19-6-8-22-24(18,23-9-7-20-2)11-12-4-5-13(15(16)17)14(10-12)21-3/h4-5,10H,6-9,11H2,1-3H3. The van der Waals surface area contributed by atoms with E-state index >= 15 is 0 Å². The van der Waals surface area contributed by atoms with Crippen molar-refractivity contribution in [1.82, 2.24) is 0 Å². The molecule has 1 aromatic carbocycles. The van der Waals surface area contributed by atoms with Crippen molar-refractivity contribution in [2.24, 2.45) is 0 Å². The Morgan fingerprint density at radius 2 is 1.62 bits per heavy atom. The van der Waals surface area contributed by atoms with Crippen LogP contribution < -0.4 is 4.74 Å². The van der Waals surface area contributed by atoms with Crippen molar-refractivity contribution in [3.63, 3.8) is 0 Å². The predicted molar refractivity (Wildman–Crippen MR) is 86.6 cm³/mol. The summed E-state index contributed by atoms with van der Waals surface area (Å²) in [6.45, 7) is 0.734. The highest BCUT2D eigenvalue weighted by atomic mass is 31.2. The van der Waals surface area contributed by atoms with E-state index in [4.69, 9.17) is 23.3 Å². The van der Waals surface area contributed by atoms with Crippen LogP contribution in [0.4, 0.5) is 5.69 Å².